The van der Waals surface area contributed by atoms with Crippen molar-refractivity contribution >= 4 is 44.1 Å². The fourth-order valence-corrected chi connectivity index (χ4v) is 6.91. The van der Waals surface area contributed by atoms with Crippen LogP contribution in [0.25, 0.3) is 0 Å². The van der Waals surface area contributed by atoms with E-state index in [4.69, 9.17) is 0 Å². The smallest absolute Gasteiger partial charge is 0.244 e. The molecule has 122 valence electrons. The highest BCUT2D eigenvalue weighted by atomic mass is 32.2. The van der Waals surface area contributed by atoms with Crippen molar-refractivity contribution in [1.82, 2.24) is 0 Å². The maximum absolute atomic E-state index is 12.0. The molecule has 6 nitrogen and oxygen atoms in total. The Hall–Kier alpha value is -1.67. The number of carbonyl (C=O) groups is 2. The van der Waals surface area contributed by atoms with E-state index in [2.05, 4.69) is 4.99 Å². The van der Waals surface area contributed by atoms with Crippen LogP contribution in [0.4, 0.5) is 5.69 Å². The molecule has 23 heavy (non-hydrogen) atoms. The fourth-order valence-electron chi connectivity index (χ4n) is 2.96. The van der Waals surface area contributed by atoms with Gasteiger partial charge in [-0.3, -0.25) is 9.59 Å². The third-order valence-corrected chi connectivity index (χ3v) is 7.07. The first-order chi connectivity index (χ1) is 10.8. The van der Waals surface area contributed by atoms with Crippen molar-refractivity contribution in [2.75, 3.05) is 16.4 Å². The molecule has 0 saturated carbocycles. The molecule has 1 aromatic carbocycles. The first-order valence-corrected chi connectivity index (χ1v) is 9.84. The number of fused-ring (bicyclic) bond motifs is 1. The van der Waals surface area contributed by atoms with Crippen LogP contribution in [0.3, 0.4) is 0 Å². The average molecular weight is 352 g/mol. The van der Waals surface area contributed by atoms with Crippen LogP contribution in [0.15, 0.2) is 29.3 Å². The summed E-state index contributed by atoms with van der Waals surface area (Å²) in [4.78, 5) is 29.1. The summed E-state index contributed by atoms with van der Waals surface area (Å²) in [5, 5.41) is 0.300. The SMILES string of the molecule is CC(=O)N=C1SC2CS(=O)(=O)CC2N1c1ccccc1C(C)=O. The number of hydrogen-bond donors (Lipinski definition) is 0. The van der Waals surface area contributed by atoms with Crippen molar-refractivity contribution in [1.29, 1.82) is 0 Å². The minimum Gasteiger partial charge on any atom is -0.315 e. The van der Waals surface area contributed by atoms with Crippen LogP contribution in [0.5, 0.6) is 0 Å². The lowest BCUT2D eigenvalue weighted by atomic mass is 10.1. The van der Waals surface area contributed by atoms with Crippen LogP contribution in [-0.4, -0.2) is 48.1 Å². The summed E-state index contributed by atoms with van der Waals surface area (Å²) in [5.41, 5.74) is 1.10. The Morgan fingerprint density at radius 2 is 1.91 bits per heavy atom. The first-order valence-electron chi connectivity index (χ1n) is 7.14. The van der Waals surface area contributed by atoms with Crippen LogP contribution in [0.2, 0.25) is 0 Å². The standard InChI is InChI=1S/C15H16N2O4S2/c1-9(18)11-5-3-4-6-12(11)17-13-7-23(20,21)8-14(13)22-15(17)16-10(2)19/h3-6,13-14H,7-8H2,1-2H3. The molecule has 2 atom stereocenters. The number of anilines is 1. The molecule has 1 aromatic rings. The molecular weight excluding hydrogens is 336 g/mol. The number of rotatable bonds is 2. The normalized spacial score (nSPS) is 27.2. The number of amides is 1. The van der Waals surface area contributed by atoms with E-state index >= 15 is 0 Å². The number of hydrogen-bond acceptors (Lipinski definition) is 5. The number of thioether (sulfide) groups is 1. The second-order valence-electron chi connectivity index (χ2n) is 5.66. The predicted molar refractivity (Wildman–Crippen MR) is 90.9 cm³/mol. The molecule has 0 radical (unpaired) electrons. The van der Waals surface area contributed by atoms with Crippen LogP contribution in [0, 0.1) is 0 Å². The molecular formula is C15H16N2O4S2. The third-order valence-electron chi connectivity index (χ3n) is 3.86. The van der Waals surface area contributed by atoms with E-state index in [0.717, 1.165) is 0 Å². The van der Waals surface area contributed by atoms with Crippen molar-refractivity contribution in [3.05, 3.63) is 29.8 Å². The summed E-state index contributed by atoms with van der Waals surface area (Å²) in [5.74, 6) is -0.385. The second kappa shape index (κ2) is 5.76. The molecule has 8 heteroatoms. The Kier molecular flexibility index (Phi) is 4.05. The number of ketones is 1. The molecule has 2 unspecified atom stereocenters. The first kappa shape index (κ1) is 16.2. The minimum absolute atomic E-state index is 0.00777. The highest BCUT2D eigenvalue weighted by molar-refractivity contribution is 8.16. The maximum atomic E-state index is 12.0. The Balaban J connectivity index is 2.12. The van der Waals surface area contributed by atoms with E-state index in [9.17, 15) is 18.0 Å². The van der Waals surface area contributed by atoms with Gasteiger partial charge in [0.05, 0.1) is 23.2 Å². The van der Waals surface area contributed by atoms with Gasteiger partial charge in [-0.25, -0.2) is 8.42 Å². The molecule has 1 amide bonds. The lowest BCUT2D eigenvalue weighted by Crippen LogP contribution is -2.38. The van der Waals surface area contributed by atoms with Crippen molar-refractivity contribution in [2.24, 2.45) is 4.99 Å². The van der Waals surface area contributed by atoms with Gasteiger partial charge in [0.1, 0.15) is 0 Å². The zero-order valence-corrected chi connectivity index (χ0v) is 14.4. The molecule has 2 aliphatic rings. The van der Waals surface area contributed by atoms with Gasteiger partial charge in [-0.05, 0) is 19.1 Å². The van der Waals surface area contributed by atoms with Gasteiger partial charge >= 0.3 is 0 Å². The second-order valence-corrected chi connectivity index (χ2v) is 9.02. The predicted octanol–water partition coefficient (Wildman–Crippen LogP) is 1.51. The van der Waals surface area contributed by atoms with Gasteiger partial charge in [0.25, 0.3) is 0 Å². The Morgan fingerprint density at radius 3 is 2.57 bits per heavy atom. The van der Waals surface area contributed by atoms with Gasteiger partial charge < -0.3 is 4.90 Å². The molecule has 0 bridgehead atoms. The number of Topliss-reactive ketones (excluding diaryl/α,β-unsaturated/α-hetero) is 1. The van der Waals surface area contributed by atoms with Gasteiger partial charge in [-0.15, -0.1) is 0 Å². The summed E-state index contributed by atoms with van der Waals surface area (Å²) in [6.07, 6.45) is 0. The zero-order chi connectivity index (χ0) is 16.8. The van der Waals surface area contributed by atoms with Crippen LogP contribution >= 0.6 is 11.8 Å². The number of amidine groups is 1. The molecule has 0 aliphatic carbocycles. The fraction of sp³-hybridized carbons (Fsp3) is 0.400. The van der Waals surface area contributed by atoms with Crippen LogP contribution < -0.4 is 4.90 Å². The Bertz CT molecular complexity index is 817. The van der Waals surface area contributed by atoms with Crippen molar-refractivity contribution in [3.8, 4) is 0 Å². The number of sulfone groups is 1. The Morgan fingerprint density at radius 1 is 1.22 bits per heavy atom. The summed E-state index contributed by atoms with van der Waals surface area (Å²) in [7, 11) is -3.12. The van der Waals surface area contributed by atoms with E-state index in [1.165, 1.54) is 25.6 Å². The lowest BCUT2D eigenvalue weighted by Gasteiger charge is -2.26. The zero-order valence-electron chi connectivity index (χ0n) is 12.7. The van der Waals surface area contributed by atoms with Gasteiger partial charge in [0.2, 0.25) is 5.91 Å². The van der Waals surface area contributed by atoms with E-state index in [-0.39, 0.29) is 34.5 Å². The van der Waals surface area contributed by atoms with Crippen LogP contribution in [-0.2, 0) is 14.6 Å². The number of benzene rings is 1. The minimum atomic E-state index is -3.12. The van der Waals surface area contributed by atoms with Crippen LogP contribution in [0.1, 0.15) is 24.2 Å². The summed E-state index contributed by atoms with van der Waals surface area (Å²) < 4.78 is 23.9. The van der Waals surface area contributed by atoms with Gasteiger partial charge in [-0.2, -0.15) is 4.99 Å². The van der Waals surface area contributed by atoms with Crippen molar-refractivity contribution < 1.29 is 18.0 Å². The summed E-state index contributed by atoms with van der Waals surface area (Å²) in [6, 6.07) is 6.71. The molecule has 3 rings (SSSR count). The average Bonchev–Trinajstić information content (AvgIpc) is 2.88. The lowest BCUT2D eigenvalue weighted by molar-refractivity contribution is -0.115. The van der Waals surface area contributed by atoms with Gasteiger partial charge in [0, 0.05) is 17.7 Å². The molecule has 0 spiro atoms. The van der Waals surface area contributed by atoms with E-state index in [1.54, 1.807) is 29.2 Å². The van der Waals surface area contributed by atoms with Gasteiger partial charge in [0.15, 0.2) is 20.8 Å². The molecule has 2 aliphatic heterocycles. The topological polar surface area (TPSA) is 83.9 Å². The molecule has 2 saturated heterocycles. The molecule has 0 aromatic heterocycles. The summed E-state index contributed by atoms with van der Waals surface area (Å²) in [6.45, 7) is 2.82. The monoisotopic (exact) mass is 352 g/mol. The van der Waals surface area contributed by atoms with E-state index in [1.807, 2.05) is 0 Å². The summed E-state index contributed by atoms with van der Waals surface area (Å²) >= 11 is 1.30. The molecule has 2 heterocycles. The van der Waals surface area contributed by atoms with Crippen molar-refractivity contribution in [3.63, 3.8) is 0 Å². The number of para-hydroxylation sites is 1. The quantitative estimate of drug-likeness (QED) is 0.750. The van der Waals surface area contributed by atoms with Crippen molar-refractivity contribution in [2.45, 2.75) is 25.1 Å². The number of aliphatic imine (C=N–C) groups is 1. The van der Waals surface area contributed by atoms with E-state index in [0.29, 0.717) is 16.4 Å². The highest BCUT2D eigenvalue weighted by Crippen LogP contribution is 2.42. The Labute approximate surface area is 138 Å². The number of carbonyl (C=O) groups excluding carboxylic acids is 2. The molecule has 0 N–H and O–H groups in total. The van der Waals surface area contributed by atoms with Gasteiger partial charge in [-0.1, -0.05) is 23.9 Å². The largest absolute Gasteiger partial charge is 0.315 e. The number of nitrogens with zero attached hydrogens (tertiary/aromatic N) is 2. The third kappa shape index (κ3) is 3.05. The van der Waals surface area contributed by atoms with E-state index < -0.39 is 9.84 Å². The molecule has 2 fully saturated rings. The highest BCUT2D eigenvalue weighted by Gasteiger charge is 2.49. The maximum Gasteiger partial charge on any atom is 0.244 e.